The number of nitrogens with zero attached hydrogens (tertiary/aromatic N) is 2. The molecule has 0 radical (unpaired) electrons. The van der Waals surface area contributed by atoms with Gasteiger partial charge < -0.3 is 0 Å². The van der Waals surface area contributed by atoms with Gasteiger partial charge in [-0.25, -0.2) is 0 Å². The predicted octanol–water partition coefficient (Wildman–Crippen LogP) is 4.87. The summed E-state index contributed by atoms with van der Waals surface area (Å²) in [5, 5.41) is 1.15. The standard InChI is InChI=1S/C18H16N2.C4H4O2/c1-2-6-15(7-3-1)10-12-19-14-16-11-13-20-18-9-5-4-8-17(16)18;1-2-4-6-5-3-1/h1-9,11,13-14H,10,12H2;1-4H/b19-14-;. The van der Waals surface area contributed by atoms with Crippen LogP contribution in [0.4, 0.5) is 0 Å². The van der Waals surface area contributed by atoms with Gasteiger partial charge in [0.1, 0.15) is 12.5 Å². The maximum atomic E-state index is 4.53. The number of rotatable bonds is 4. The Hall–Kier alpha value is -3.40. The number of pyridine rings is 1. The van der Waals surface area contributed by atoms with Crippen LogP contribution in [0.15, 0.2) is 96.5 Å². The minimum atomic E-state index is 0.806. The Labute approximate surface area is 153 Å². The van der Waals surface area contributed by atoms with E-state index in [1.165, 1.54) is 18.1 Å². The van der Waals surface area contributed by atoms with E-state index in [4.69, 9.17) is 0 Å². The molecule has 4 heteroatoms. The molecule has 2 heterocycles. The summed E-state index contributed by atoms with van der Waals surface area (Å²) in [4.78, 5) is 17.5. The number of fused-ring (bicyclic) bond motifs is 1. The van der Waals surface area contributed by atoms with Crippen molar-refractivity contribution >= 4 is 17.1 Å². The first kappa shape index (κ1) is 17.4. The molecule has 0 aliphatic carbocycles. The van der Waals surface area contributed by atoms with Crippen molar-refractivity contribution < 1.29 is 9.78 Å². The molecule has 26 heavy (non-hydrogen) atoms. The molecular formula is C22H20N2O2. The number of aliphatic imine (C=N–C) groups is 1. The van der Waals surface area contributed by atoms with E-state index in [2.05, 4.69) is 50.1 Å². The fraction of sp³-hybridized carbons (Fsp3) is 0.0909. The number of benzene rings is 2. The first-order valence-corrected chi connectivity index (χ1v) is 8.45. The lowest BCUT2D eigenvalue weighted by atomic mass is 10.1. The number of hydrogen-bond donors (Lipinski definition) is 0. The van der Waals surface area contributed by atoms with Gasteiger partial charge in [-0.3, -0.25) is 19.8 Å². The van der Waals surface area contributed by atoms with Crippen LogP contribution in [-0.4, -0.2) is 17.7 Å². The Morgan fingerprint density at radius 2 is 1.58 bits per heavy atom. The third-order valence-electron chi connectivity index (χ3n) is 3.72. The van der Waals surface area contributed by atoms with Crippen LogP contribution in [0.1, 0.15) is 11.1 Å². The molecule has 130 valence electrons. The van der Waals surface area contributed by atoms with Gasteiger partial charge in [0.2, 0.25) is 0 Å². The largest absolute Gasteiger partial charge is 0.299 e. The van der Waals surface area contributed by atoms with Crippen molar-refractivity contribution in [3.8, 4) is 0 Å². The Bertz CT molecular complexity index is 885. The molecule has 4 rings (SSSR count). The second-order valence-electron chi connectivity index (χ2n) is 5.54. The van der Waals surface area contributed by atoms with E-state index >= 15 is 0 Å². The fourth-order valence-corrected chi connectivity index (χ4v) is 2.45. The van der Waals surface area contributed by atoms with Crippen molar-refractivity contribution in [2.24, 2.45) is 4.99 Å². The molecule has 0 saturated carbocycles. The Morgan fingerprint density at radius 1 is 0.846 bits per heavy atom. The fourth-order valence-electron chi connectivity index (χ4n) is 2.45. The number of allylic oxidation sites excluding steroid dienone is 2. The zero-order valence-electron chi connectivity index (χ0n) is 14.4. The molecule has 0 amide bonds. The molecule has 3 aromatic rings. The van der Waals surface area contributed by atoms with Crippen LogP contribution < -0.4 is 0 Å². The van der Waals surface area contributed by atoms with Crippen LogP contribution in [0.2, 0.25) is 0 Å². The van der Waals surface area contributed by atoms with Crippen molar-refractivity contribution in [1.82, 2.24) is 4.98 Å². The van der Waals surface area contributed by atoms with E-state index in [1.807, 2.05) is 42.7 Å². The zero-order valence-corrected chi connectivity index (χ0v) is 14.4. The van der Waals surface area contributed by atoms with Crippen molar-refractivity contribution in [2.75, 3.05) is 6.54 Å². The van der Waals surface area contributed by atoms with Gasteiger partial charge in [0.15, 0.2) is 0 Å². The summed E-state index contributed by atoms with van der Waals surface area (Å²) in [6.45, 7) is 0.806. The van der Waals surface area contributed by atoms with Crippen LogP contribution in [-0.2, 0) is 16.2 Å². The molecule has 0 atom stereocenters. The number of hydrogen-bond acceptors (Lipinski definition) is 4. The third-order valence-corrected chi connectivity index (χ3v) is 3.72. The molecule has 2 aromatic carbocycles. The van der Waals surface area contributed by atoms with Gasteiger partial charge in [-0.1, -0.05) is 48.5 Å². The molecule has 4 nitrogen and oxygen atoms in total. The van der Waals surface area contributed by atoms with E-state index in [1.54, 1.807) is 12.2 Å². The highest BCUT2D eigenvalue weighted by Gasteiger charge is 1.97. The van der Waals surface area contributed by atoms with Crippen molar-refractivity contribution in [3.05, 3.63) is 103 Å². The first-order chi connectivity index (χ1) is 12.9. The maximum absolute atomic E-state index is 4.53. The molecule has 0 bridgehead atoms. The average molecular weight is 344 g/mol. The zero-order chi connectivity index (χ0) is 17.9. The summed E-state index contributed by atoms with van der Waals surface area (Å²) >= 11 is 0. The number of para-hydroxylation sites is 1. The van der Waals surface area contributed by atoms with Crippen LogP contribution in [0.25, 0.3) is 10.9 Å². The monoisotopic (exact) mass is 344 g/mol. The molecule has 1 aromatic heterocycles. The van der Waals surface area contributed by atoms with Crippen LogP contribution in [0.3, 0.4) is 0 Å². The van der Waals surface area contributed by atoms with Gasteiger partial charge in [0.25, 0.3) is 0 Å². The Balaban J connectivity index is 0.000000278. The normalized spacial score (nSPS) is 12.3. The molecule has 0 saturated heterocycles. The summed E-state index contributed by atoms with van der Waals surface area (Å²) in [6.07, 6.45) is 11.2. The quantitative estimate of drug-likeness (QED) is 0.501. The van der Waals surface area contributed by atoms with Gasteiger partial charge in [-0.2, -0.15) is 0 Å². The maximum Gasteiger partial charge on any atom is 0.142 e. The van der Waals surface area contributed by atoms with Gasteiger partial charge in [-0.15, -0.1) is 0 Å². The van der Waals surface area contributed by atoms with E-state index in [9.17, 15) is 0 Å². The SMILES string of the molecule is C(=N/CCc1ccccc1)/c1ccnc2ccccc12.C1=COOC=C1. The second kappa shape index (κ2) is 9.79. The molecule has 1 aliphatic heterocycles. The summed E-state index contributed by atoms with van der Waals surface area (Å²) in [5.74, 6) is 0. The molecular weight excluding hydrogens is 324 g/mol. The Kier molecular flexibility index (Phi) is 6.56. The van der Waals surface area contributed by atoms with Gasteiger partial charge in [0.05, 0.1) is 5.52 Å². The van der Waals surface area contributed by atoms with E-state index < -0.39 is 0 Å². The van der Waals surface area contributed by atoms with Crippen molar-refractivity contribution in [2.45, 2.75) is 6.42 Å². The summed E-state index contributed by atoms with van der Waals surface area (Å²) < 4.78 is 0. The van der Waals surface area contributed by atoms with Crippen molar-refractivity contribution in [3.63, 3.8) is 0 Å². The van der Waals surface area contributed by atoms with Gasteiger partial charge in [-0.05, 0) is 36.3 Å². The van der Waals surface area contributed by atoms with Crippen LogP contribution in [0, 0.1) is 0 Å². The van der Waals surface area contributed by atoms with Gasteiger partial charge >= 0.3 is 0 Å². The molecule has 0 N–H and O–H groups in total. The van der Waals surface area contributed by atoms with Crippen molar-refractivity contribution in [1.29, 1.82) is 0 Å². The van der Waals surface area contributed by atoms with E-state index in [0.29, 0.717) is 0 Å². The highest BCUT2D eigenvalue weighted by atomic mass is 17.2. The number of aromatic nitrogens is 1. The highest BCUT2D eigenvalue weighted by Crippen LogP contribution is 2.14. The van der Waals surface area contributed by atoms with Crippen LogP contribution >= 0.6 is 0 Å². The lowest BCUT2D eigenvalue weighted by molar-refractivity contribution is -0.198. The summed E-state index contributed by atoms with van der Waals surface area (Å²) in [5.41, 5.74) is 3.47. The van der Waals surface area contributed by atoms with E-state index in [-0.39, 0.29) is 0 Å². The molecule has 0 spiro atoms. The predicted molar refractivity (Wildman–Crippen MR) is 105 cm³/mol. The minimum Gasteiger partial charge on any atom is -0.299 e. The lowest BCUT2D eigenvalue weighted by Crippen LogP contribution is -1.91. The minimum absolute atomic E-state index is 0.806. The summed E-state index contributed by atoms with van der Waals surface area (Å²) in [6, 6.07) is 20.6. The second-order valence-corrected chi connectivity index (χ2v) is 5.54. The highest BCUT2D eigenvalue weighted by molar-refractivity contribution is 5.97. The topological polar surface area (TPSA) is 43.7 Å². The van der Waals surface area contributed by atoms with Gasteiger partial charge in [0, 0.05) is 29.9 Å². The van der Waals surface area contributed by atoms with Crippen LogP contribution in [0.5, 0.6) is 0 Å². The average Bonchev–Trinajstić information content (AvgIpc) is 2.74. The smallest absolute Gasteiger partial charge is 0.142 e. The van der Waals surface area contributed by atoms with E-state index in [0.717, 1.165) is 29.4 Å². The molecule has 0 fully saturated rings. The third kappa shape index (κ3) is 5.31. The molecule has 1 aliphatic rings. The first-order valence-electron chi connectivity index (χ1n) is 8.45. The lowest BCUT2D eigenvalue weighted by Gasteiger charge is -2.00. The molecule has 0 unspecified atom stereocenters. The summed E-state index contributed by atoms with van der Waals surface area (Å²) in [7, 11) is 0. The Morgan fingerprint density at radius 3 is 2.31 bits per heavy atom.